The predicted molar refractivity (Wildman–Crippen MR) is 130 cm³/mol. The Bertz CT molecular complexity index is 1090. The van der Waals surface area contributed by atoms with E-state index in [1.807, 2.05) is 29.0 Å². The van der Waals surface area contributed by atoms with Crippen molar-refractivity contribution in [2.24, 2.45) is 0 Å². The van der Waals surface area contributed by atoms with Crippen LogP contribution in [-0.2, 0) is 23.8 Å². The van der Waals surface area contributed by atoms with Crippen molar-refractivity contribution in [2.75, 3.05) is 0 Å². The van der Waals surface area contributed by atoms with Crippen molar-refractivity contribution in [2.45, 2.75) is 70.2 Å². The van der Waals surface area contributed by atoms with Crippen LogP contribution in [0.5, 0.6) is 5.75 Å². The molecule has 0 bridgehead atoms. The molecule has 3 aromatic rings. The van der Waals surface area contributed by atoms with Gasteiger partial charge >= 0.3 is 0 Å². The fraction of sp³-hybridized carbons (Fsp3) is 0.370. The number of benzene rings is 2. The first kappa shape index (κ1) is 23.0. The van der Waals surface area contributed by atoms with Gasteiger partial charge in [-0.15, -0.1) is 12.6 Å². The van der Waals surface area contributed by atoms with E-state index in [0.29, 0.717) is 24.4 Å². The molecule has 0 atom stereocenters. The molecule has 1 N–H and O–H groups in total. The lowest BCUT2D eigenvalue weighted by Gasteiger charge is -2.28. The van der Waals surface area contributed by atoms with Crippen molar-refractivity contribution in [1.29, 1.82) is 5.26 Å². The Morgan fingerprint density at radius 2 is 1.48 bits per heavy atom. The second-order valence-corrected chi connectivity index (χ2v) is 10.8. The van der Waals surface area contributed by atoms with Gasteiger partial charge in [0.2, 0.25) is 0 Å². The summed E-state index contributed by atoms with van der Waals surface area (Å²) in [5, 5.41) is 20.9. The fourth-order valence-corrected chi connectivity index (χ4v) is 4.26. The number of rotatable bonds is 4. The SMILES string of the molecule is CC(C)(C)c1cc(Cc2c(S)cn(Cc3ccccc3)c2C#N)cc(C(C)(C)C)c1O. The minimum absolute atomic E-state index is 0.193. The van der Waals surface area contributed by atoms with Crippen LogP contribution in [0.25, 0.3) is 0 Å². The Morgan fingerprint density at radius 3 is 1.97 bits per heavy atom. The van der Waals surface area contributed by atoms with E-state index in [1.165, 1.54) is 0 Å². The molecule has 3 nitrogen and oxygen atoms in total. The number of nitrogens with zero attached hydrogens (tertiary/aromatic N) is 2. The van der Waals surface area contributed by atoms with E-state index in [2.05, 4.69) is 71.9 Å². The van der Waals surface area contributed by atoms with Gasteiger partial charge in [-0.2, -0.15) is 5.26 Å². The molecule has 2 aromatic carbocycles. The molecule has 4 heteroatoms. The summed E-state index contributed by atoms with van der Waals surface area (Å²) in [6, 6.07) is 16.7. The number of thiol groups is 1. The van der Waals surface area contributed by atoms with Crippen LogP contribution in [0.3, 0.4) is 0 Å². The molecule has 1 heterocycles. The molecule has 0 aliphatic heterocycles. The molecule has 162 valence electrons. The highest BCUT2D eigenvalue weighted by Gasteiger charge is 2.27. The Hall–Kier alpha value is -2.64. The first-order chi connectivity index (χ1) is 14.4. The zero-order chi connectivity index (χ0) is 23.0. The fourth-order valence-electron chi connectivity index (χ4n) is 3.94. The van der Waals surface area contributed by atoms with Crippen molar-refractivity contribution < 1.29 is 5.11 Å². The molecule has 0 unspecified atom stereocenters. The van der Waals surface area contributed by atoms with Crippen LogP contribution in [0.4, 0.5) is 0 Å². The normalized spacial score (nSPS) is 12.1. The van der Waals surface area contributed by atoms with Gasteiger partial charge in [0, 0.05) is 29.6 Å². The summed E-state index contributed by atoms with van der Waals surface area (Å²) in [6.07, 6.45) is 2.54. The highest BCUT2D eigenvalue weighted by Crippen LogP contribution is 2.40. The second kappa shape index (κ2) is 8.48. The van der Waals surface area contributed by atoms with Crippen LogP contribution in [0.15, 0.2) is 53.6 Å². The summed E-state index contributed by atoms with van der Waals surface area (Å²) in [6.45, 7) is 13.3. The molecular weight excluding hydrogens is 400 g/mol. The van der Waals surface area contributed by atoms with E-state index >= 15 is 0 Å². The minimum atomic E-state index is -0.193. The van der Waals surface area contributed by atoms with Crippen LogP contribution in [0.2, 0.25) is 0 Å². The summed E-state index contributed by atoms with van der Waals surface area (Å²) in [5.74, 6) is 0.372. The highest BCUT2D eigenvalue weighted by atomic mass is 32.1. The molecule has 0 fully saturated rings. The van der Waals surface area contributed by atoms with Crippen LogP contribution in [-0.4, -0.2) is 9.67 Å². The average Bonchev–Trinajstić information content (AvgIpc) is 2.96. The lowest BCUT2D eigenvalue weighted by molar-refractivity contribution is 0.423. The van der Waals surface area contributed by atoms with Crippen molar-refractivity contribution in [3.05, 3.63) is 82.2 Å². The van der Waals surface area contributed by atoms with E-state index in [9.17, 15) is 10.4 Å². The van der Waals surface area contributed by atoms with Gasteiger partial charge in [-0.1, -0.05) is 84.0 Å². The van der Waals surface area contributed by atoms with Crippen molar-refractivity contribution >= 4 is 12.6 Å². The zero-order valence-electron chi connectivity index (χ0n) is 19.3. The monoisotopic (exact) mass is 432 g/mol. The molecule has 3 rings (SSSR count). The van der Waals surface area contributed by atoms with Gasteiger partial charge in [0.1, 0.15) is 17.5 Å². The van der Waals surface area contributed by atoms with Gasteiger partial charge < -0.3 is 9.67 Å². The third-order valence-electron chi connectivity index (χ3n) is 5.63. The van der Waals surface area contributed by atoms with Crippen LogP contribution in [0, 0.1) is 11.3 Å². The van der Waals surface area contributed by atoms with Crippen molar-refractivity contribution in [1.82, 2.24) is 4.57 Å². The maximum Gasteiger partial charge on any atom is 0.125 e. The molecule has 1 aromatic heterocycles. The van der Waals surface area contributed by atoms with E-state index in [4.69, 9.17) is 12.6 Å². The van der Waals surface area contributed by atoms with E-state index < -0.39 is 0 Å². The molecule has 0 aliphatic rings. The molecule has 31 heavy (non-hydrogen) atoms. The number of nitriles is 1. The van der Waals surface area contributed by atoms with Crippen molar-refractivity contribution in [3.8, 4) is 11.8 Å². The first-order valence-corrected chi connectivity index (χ1v) is 11.1. The Labute approximate surface area is 191 Å². The van der Waals surface area contributed by atoms with Gasteiger partial charge in [-0.3, -0.25) is 0 Å². The topological polar surface area (TPSA) is 49.0 Å². The maximum atomic E-state index is 11.0. The third-order valence-corrected chi connectivity index (χ3v) is 6.01. The number of phenolic OH excluding ortho intramolecular Hbond substituents is 1. The Kier molecular flexibility index (Phi) is 6.30. The number of aromatic hydroxyl groups is 1. The molecule has 0 spiro atoms. The van der Waals surface area contributed by atoms with E-state index in [-0.39, 0.29) is 10.8 Å². The van der Waals surface area contributed by atoms with Gasteiger partial charge in [0.25, 0.3) is 0 Å². The number of aromatic nitrogens is 1. The molecule has 0 saturated heterocycles. The lowest BCUT2D eigenvalue weighted by Crippen LogP contribution is -2.18. The van der Waals surface area contributed by atoms with E-state index in [1.54, 1.807) is 0 Å². The van der Waals surface area contributed by atoms with Crippen LogP contribution < -0.4 is 0 Å². The zero-order valence-corrected chi connectivity index (χ0v) is 20.2. The van der Waals surface area contributed by atoms with E-state index in [0.717, 1.165) is 32.7 Å². The number of phenols is 1. The molecule has 0 radical (unpaired) electrons. The standard InChI is InChI=1S/C27H32N2OS/c1-26(2,3)21-13-19(14-22(25(21)30)27(4,5)6)12-20-23(15-28)29(17-24(20)31)16-18-10-8-7-9-11-18/h7-11,13-14,17,30-31H,12,16H2,1-6H3. The minimum Gasteiger partial charge on any atom is -0.507 e. The summed E-state index contributed by atoms with van der Waals surface area (Å²) in [7, 11) is 0. The summed E-state index contributed by atoms with van der Waals surface area (Å²) in [5.41, 5.74) is 5.25. The molecule has 0 saturated carbocycles. The summed E-state index contributed by atoms with van der Waals surface area (Å²) >= 11 is 4.70. The van der Waals surface area contributed by atoms with Gasteiger partial charge in [0.15, 0.2) is 0 Å². The summed E-state index contributed by atoms with van der Waals surface area (Å²) in [4.78, 5) is 0.815. The Morgan fingerprint density at radius 1 is 0.935 bits per heavy atom. The number of hydrogen-bond donors (Lipinski definition) is 2. The lowest BCUT2D eigenvalue weighted by atomic mass is 9.78. The maximum absolute atomic E-state index is 11.0. The largest absolute Gasteiger partial charge is 0.507 e. The molecular formula is C27H32N2OS. The summed E-state index contributed by atoms with van der Waals surface area (Å²) < 4.78 is 1.97. The van der Waals surface area contributed by atoms with Crippen LogP contribution >= 0.6 is 12.6 Å². The third kappa shape index (κ3) is 4.99. The average molecular weight is 433 g/mol. The molecule has 0 aliphatic carbocycles. The predicted octanol–water partition coefficient (Wildman–Crippen LogP) is 6.59. The van der Waals surface area contributed by atoms with Crippen molar-refractivity contribution in [3.63, 3.8) is 0 Å². The van der Waals surface area contributed by atoms with Gasteiger partial charge in [0.05, 0.1) is 0 Å². The smallest absolute Gasteiger partial charge is 0.125 e. The Balaban J connectivity index is 2.08. The quantitative estimate of drug-likeness (QED) is 0.457. The second-order valence-electron chi connectivity index (χ2n) is 10.3. The highest BCUT2D eigenvalue weighted by molar-refractivity contribution is 7.80. The molecule has 0 amide bonds. The van der Waals surface area contributed by atoms with Crippen LogP contribution in [0.1, 0.15) is 75.1 Å². The van der Waals surface area contributed by atoms with Gasteiger partial charge in [-0.25, -0.2) is 0 Å². The first-order valence-electron chi connectivity index (χ1n) is 10.6. The number of hydrogen-bond acceptors (Lipinski definition) is 3. The van der Waals surface area contributed by atoms with Gasteiger partial charge in [-0.05, 0) is 33.1 Å².